The van der Waals surface area contributed by atoms with Gasteiger partial charge in [0.05, 0.1) is 13.3 Å². The zero-order chi connectivity index (χ0) is 20.9. The Hall–Kier alpha value is -3.64. The summed E-state index contributed by atoms with van der Waals surface area (Å²) in [7, 11) is 1.61. The number of phenolic OH excluding ortho intramolecular Hbond substituents is 1. The minimum Gasteiger partial charge on any atom is -0.507 e. The fourth-order valence-corrected chi connectivity index (χ4v) is 3.14. The number of hydrogen-bond acceptors (Lipinski definition) is 5. The molecule has 0 amide bonds. The summed E-state index contributed by atoms with van der Waals surface area (Å²) in [6.07, 6.45) is 1.56. The maximum absolute atomic E-state index is 10.5. The molecule has 0 saturated carbocycles. The van der Waals surface area contributed by atoms with Crippen LogP contribution in [0.4, 0.5) is 0 Å². The van der Waals surface area contributed by atoms with Crippen molar-refractivity contribution in [3.8, 4) is 40.0 Å². The second-order valence-electron chi connectivity index (χ2n) is 6.48. The van der Waals surface area contributed by atoms with E-state index in [1.807, 2.05) is 24.3 Å². The number of aromatic amines is 1. The molecule has 0 aliphatic rings. The summed E-state index contributed by atoms with van der Waals surface area (Å²) in [6.45, 7) is 0.342. The lowest BCUT2D eigenvalue weighted by Gasteiger charge is -2.11. The number of H-pyrrole nitrogens is 1. The van der Waals surface area contributed by atoms with Crippen molar-refractivity contribution < 1.29 is 19.3 Å². The standard InChI is InChI=1S/C23H19ClN2O4/c1-28-17-5-7-18(8-6-17)30-22-13-25-26-23(22)20-10-9-19(12-21(20)27)29-14-15-3-2-4-16(24)11-15/h2-13,27H,14H2,1H3,(H,25,26). The van der Waals surface area contributed by atoms with Gasteiger partial charge in [-0.3, -0.25) is 5.10 Å². The number of methoxy groups -OCH3 is 1. The predicted octanol–water partition coefficient (Wildman–Crippen LogP) is 5.82. The molecule has 152 valence electrons. The molecule has 7 heteroatoms. The van der Waals surface area contributed by atoms with Gasteiger partial charge in [-0.15, -0.1) is 0 Å². The van der Waals surface area contributed by atoms with E-state index >= 15 is 0 Å². The number of ether oxygens (including phenoxy) is 3. The minimum absolute atomic E-state index is 0.0439. The van der Waals surface area contributed by atoms with Crippen molar-refractivity contribution in [1.29, 1.82) is 0 Å². The Labute approximate surface area is 178 Å². The molecule has 0 aliphatic carbocycles. The van der Waals surface area contributed by atoms with E-state index in [0.29, 0.717) is 40.1 Å². The van der Waals surface area contributed by atoms with E-state index in [0.717, 1.165) is 11.3 Å². The van der Waals surface area contributed by atoms with E-state index in [1.165, 1.54) is 0 Å². The SMILES string of the molecule is COc1ccc(Oc2cn[nH]c2-c2ccc(OCc3cccc(Cl)c3)cc2O)cc1. The van der Waals surface area contributed by atoms with Gasteiger partial charge in [0.15, 0.2) is 5.75 Å². The van der Waals surface area contributed by atoms with Crippen LogP contribution in [-0.2, 0) is 6.61 Å². The Kier molecular flexibility index (Phi) is 5.77. The van der Waals surface area contributed by atoms with E-state index in [1.54, 1.807) is 55.8 Å². The highest BCUT2D eigenvalue weighted by molar-refractivity contribution is 6.30. The van der Waals surface area contributed by atoms with Crippen LogP contribution in [0, 0.1) is 0 Å². The third-order valence-electron chi connectivity index (χ3n) is 4.42. The van der Waals surface area contributed by atoms with Crippen LogP contribution < -0.4 is 14.2 Å². The van der Waals surface area contributed by atoms with E-state index in [2.05, 4.69) is 10.2 Å². The van der Waals surface area contributed by atoms with Crippen LogP contribution in [-0.4, -0.2) is 22.4 Å². The van der Waals surface area contributed by atoms with Crippen molar-refractivity contribution >= 4 is 11.6 Å². The smallest absolute Gasteiger partial charge is 0.173 e. The first-order valence-electron chi connectivity index (χ1n) is 9.18. The number of aromatic hydroxyl groups is 1. The van der Waals surface area contributed by atoms with Gasteiger partial charge < -0.3 is 19.3 Å². The second-order valence-corrected chi connectivity index (χ2v) is 6.92. The molecule has 0 unspecified atom stereocenters. The Balaban J connectivity index is 1.50. The molecule has 0 saturated heterocycles. The summed E-state index contributed by atoms with van der Waals surface area (Å²) >= 11 is 5.99. The molecule has 2 N–H and O–H groups in total. The molecule has 0 bridgehead atoms. The van der Waals surface area contributed by atoms with Crippen molar-refractivity contribution in [2.45, 2.75) is 6.61 Å². The Morgan fingerprint density at radius 3 is 2.47 bits per heavy atom. The summed E-state index contributed by atoms with van der Waals surface area (Å²) in [5.41, 5.74) is 2.05. The average Bonchev–Trinajstić information content (AvgIpc) is 3.21. The lowest BCUT2D eigenvalue weighted by molar-refractivity contribution is 0.304. The Bertz CT molecular complexity index is 1140. The van der Waals surface area contributed by atoms with Gasteiger partial charge in [0.1, 0.15) is 35.3 Å². The van der Waals surface area contributed by atoms with E-state index < -0.39 is 0 Å². The van der Waals surface area contributed by atoms with Gasteiger partial charge in [0, 0.05) is 16.7 Å². The van der Waals surface area contributed by atoms with Crippen molar-refractivity contribution in [1.82, 2.24) is 10.2 Å². The number of nitrogens with one attached hydrogen (secondary N) is 1. The van der Waals surface area contributed by atoms with E-state index in [-0.39, 0.29) is 5.75 Å². The maximum Gasteiger partial charge on any atom is 0.173 e. The maximum atomic E-state index is 10.5. The zero-order valence-corrected chi connectivity index (χ0v) is 16.9. The van der Waals surface area contributed by atoms with E-state index in [9.17, 15) is 5.11 Å². The minimum atomic E-state index is 0.0439. The summed E-state index contributed by atoms with van der Waals surface area (Å²) in [5.74, 6) is 2.43. The topological polar surface area (TPSA) is 76.6 Å². The van der Waals surface area contributed by atoms with Crippen LogP contribution in [0.1, 0.15) is 5.56 Å². The molecule has 1 heterocycles. The molecular weight excluding hydrogens is 404 g/mol. The van der Waals surface area contributed by atoms with Crippen LogP contribution in [0.5, 0.6) is 28.7 Å². The number of halogens is 1. The first-order valence-corrected chi connectivity index (χ1v) is 9.56. The van der Waals surface area contributed by atoms with Crippen LogP contribution in [0.2, 0.25) is 5.02 Å². The molecule has 1 aromatic heterocycles. The summed E-state index contributed by atoms with van der Waals surface area (Å²) < 4.78 is 16.8. The largest absolute Gasteiger partial charge is 0.507 e. The predicted molar refractivity (Wildman–Crippen MR) is 115 cm³/mol. The lowest BCUT2D eigenvalue weighted by atomic mass is 10.1. The van der Waals surface area contributed by atoms with Crippen molar-refractivity contribution in [3.63, 3.8) is 0 Å². The molecule has 0 radical (unpaired) electrons. The van der Waals surface area contributed by atoms with Gasteiger partial charge in [-0.05, 0) is 54.1 Å². The number of rotatable bonds is 7. The van der Waals surface area contributed by atoms with Crippen molar-refractivity contribution in [2.75, 3.05) is 7.11 Å². The third kappa shape index (κ3) is 4.50. The fraction of sp³-hybridized carbons (Fsp3) is 0.0870. The van der Waals surface area contributed by atoms with Crippen molar-refractivity contribution in [2.24, 2.45) is 0 Å². The fourth-order valence-electron chi connectivity index (χ4n) is 2.92. The molecule has 3 aromatic carbocycles. The number of hydrogen-bond donors (Lipinski definition) is 2. The number of nitrogens with zero attached hydrogens (tertiary/aromatic N) is 1. The zero-order valence-electron chi connectivity index (χ0n) is 16.1. The Morgan fingerprint density at radius 2 is 1.73 bits per heavy atom. The highest BCUT2D eigenvalue weighted by atomic mass is 35.5. The van der Waals surface area contributed by atoms with E-state index in [4.69, 9.17) is 25.8 Å². The molecule has 0 aliphatic heterocycles. The molecule has 4 aromatic rings. The third-order valence-corrected chi connectivity index (χ3v) is 4.66. The lowest BCUT2D eigenvalue weighted by Crippen LogP contribution is -1.95. The number of aromatic nitrogens is 2. The molecule has 0 fully saturated rings. The monoisotopic (exact) mass is 422 g/mol. The summed E-state index contributed by atoms with van der Waals surface area (Å²) in [4.78, 5) is 0. The molecular formula is C23H19ClN2O4. The van der Waals surface area contributed by atoms with Crippen LogP contribution >= 0.6 is 11.6 Å². The number of benzene rings is 3. The molecule has 6 nitrogen and oxygen atoms in total. The van der Waals surface area contributed by atoms with Gasteiger partial charge in [-0.1, -0.05) is 23.7 Å². The first-order chi connectivity index (χ1) is 14.6. The normalized spacial score (nSPS) is 10.6. The number of phenols is 1. The molecule has 30 heavy (non-hydrogen) atoms. The van der Waals surface area contributed by atoms with Crippen LogP contribution in [0.15, 0.2) is 72.9 Å². The molecule has 0 atom stereocenters. The van der Waals surface area contributed by atoms with Crippen LogP contribution in [0.3, 0.4) is 0 Å². The first kappa shape index (κ1) is 19.7. The average molecular weight is 423 g/mol. The second kappa shape index (κ2) is 8.80. The van der Waals surface area contributed by atoms with Gasteiger partial charge in [0.2, 0.25) is 0 Å². The highest BCUT2D eigenvalue weighted by Crippen LogP contribution is 2.38. The van der Waals surface area contributed by atoms with Crippen LogP contribution in [0.25, 0.3) is 11.3 Å². The summed E-state index contributed by atoms with van der Waals surface area (Å²) in [5, 5.41) is 18.1. The summed E-state index contributed by atoms with van der Waals surface area (Å²) in [6, 6.07) is 19.7. The van der Waals surface area contributed by atoms with Gasteiger partial charge in [0.25, 0.3) is 0 Å². The Morgan fingerprint density at radius 1 is 0.967 bits per heavy atom. The van der Waals surface area contributed by atoms with Gasteiger partial charge >= 0.3 is 0 Å². The molecule has 4 rings (SSSR count). The highest BCUT2D eigenvalue weighted by Gasteiger charge is 2.15. The van der Waals surface area contributed by atoms with Crippen molar-refractivity contribution in [3.05, 3.63) is 83.5 Å². The van der Waals surface area contributed by atoms with Gasteiger partial charge in [-0.2, -0.15) is 5.10 Å². The quantitative estimate of drug-likeness (QED) is 0.392. The molecule has 0 spiro atoms. The van der Waals surface area contributed by atoms with Gasteiger partial charge in [-0.25, -0.2) is 0 Å².